The van der Waals surface area contributed by atoms with E-state index in [4.69, 9.17) is 4.55 Å². The van der Waals surface area contributed by atoms with Crippen molar-refractivity contribution in [3.05, 3.63) is 35.4 Å². The summed E-state index contributed by atoms with van der Waals surface area (Å²) in [5.41, 5.74) is 0.556. The third-order valence-corrected chi connectivity index (χ3v) is 3.37. The van der Waals surface area contributed by atoms with Crippen LogP contribution in [-0.4, -0.2) is 49.4 Å². The third-order valence-electron chi connectivity index (χ3n) is 2.56. The molecule has 6 nitrogen and oxygen atoms in total. The Kier molecular flexibility index (Phi) is 5.20. The van der Waals surface area contributed by atoms with Gasteiger partial charge in [-0.05, 0) is 12.5 Å². The lowest BCUT2D eigenvalue weighted by Crippen LogP contribution is -2.29. The zero-order chi connectivity index (χ0) is 14.5. The van der Waals surface area contributed by atoms with Crippen LogP contribution in [-0.2, 0) is 10.1 Å². The summed E-state index contributed by atoms with van der Waals surface area (Å²) in [6.07, 6.45) is 0.726. The number of carbonyl (C=O) groups excluding carboxylic acids is 2. The van der Waals surface area contributed by atoms with Crippen LogP contribution in [0.15, 0.2) is 24.3 Å². The summed E-state index contributed by atoms with van der Waals surface area (Å²) in [6.45, 7) is 0.172. The molecule has 0 saturated carbocycles. The molecule has 0 bridgehead atoms. The molecule has 19 heavy (non-hydrogen) atoms. The minimum Gasteiger partial charge on any atom is -0.342 e. The fourth-order valence-electron chi connectivity index (χ4n) is 1.59. The van der Waals surface area contributed by atoms with Crippen LogP contribution in [0.1, 0.15) is 27.1 Å². The number of hydrogen-bond donors (Lipinski definition) is 1. The van der Waals surface area contributed by atoms with Gasteiger partial charge in [0.2, 0.25) is 0 Å². The average molecular weight is 285 g/mol. The Morgan fingerprint density at radius 3 is 2.58 bits per heavy atom. The van der Waals surface area contributed by atoms with E-state index < -0.39 is 15.9 Å². The van der Waals surface area contributed by atoms with Crippen molar-refractivity contribution in [1.82, 2.24) is 4.90 Å². The predicted molar refractivity (Wildman–Crippen MR) is 69.8 cm³/mol. The van der Waals surface area contributed by atoms with Crippen molar-refractivity contribution in [3.63, 3.8) is 0 Å². The Hall–Kier alpha value is -1.73. The van der Waals surface area contributed by atoms with Crippen LogP contribution in [0, 0.1) is 0 Å². The van der Waals surface area contributed by atoms with Gasteiger partial charge in [0.1, 0.15) is 0 Å². The second kappa shape index (κ2) is 6.44. The fraction of sp³-hybridized carbons (Fsp3) is 0.333. The maximum atomic E-state index is 12.0. The molecule has 7 heteroatoms. The zero-order valence-electron chi connectivity index (χ0n) is 10.4. The first-order valence-electron chi connectivity index (χ1n) is 5.60. The highest BCUT2D eigenvalue weighted by atomic mass is 32.2. The summed E-state index contributed by atoms with van der Waals surface area (Å²) < 4.78 is 29.7. The number of nitrogens with zero attached hydrogens (tertiary/aromatic N) is 1. The summed E-state index contributed by atoms with van der Waals surface area (Å²) in [6, 6.07) is 6.36. The zero-order valence-corrected chi connectivity index (χ0v) is 11.3. The van der Waals surface area contributed by atoms with Crippen LogP contribution >= 0.6 is 0 Å². The Morgan fingerprint density at radius 2 is 2.00 bits per heavy atom. The molecule has 1 amide bonds. The molecule has 1 rings (SSSR count). The van der Waals surface area contributed by atoms with E-state index in [0.717, 1.165) is 0 Å². The number of benzene rings is 1. The second-order valence-electron chi connectivity index (χ2n) is 4.07. The molecule has 0 aliphatic rings. The lowest BCUT2D eigenvalue weighted by molar-refractivity contribution is 0.0792. The SMILES string of the molecule is CN(CCCS(=O)(=O)O)C(=O)c1ccccc1C=O. The lowest BCUT2D eigenvalue weighted by atomic mass is 10.1. The van der Waals surface area contributed by atoms with Crippen LogP contribution in [0.25, 0.3) is 0 Å². The normalized spacial score (nSPS) is 11.1. The first-order valence-corrected chi connectivity index (χ1v) is 7.21. The largest absolute Gasteiger partial charge is 0.342 e. The summed E-state index contributed by atoms with van der Waals surface area (Å²) in [5.74, 6) is -0.766. The predicted octanol–water partition coefficient (Wildman–Crippen LogP) is 0.849. The Labute approximate surface area is 111 Å². The number of amides is 1. The number of aldehydes is 1. The minimum absolute atomic E-state index is 0.129. The molecule has 0 aromatic heterocycles. The van der Waals surface area contributed by atoms with Crippen molar-refractivity contribution < 1.29 is 22.6 Å². The van der Waals surface area contributed by atoms with Crippen molar-refractivity contribution in [2.45, 2.75) is 6.42 Å². The summed E-state index contributed by atoms with van der Waals surface area (Å²) in [7, 11) is -2.51. The van der Waals surface area contributed by atoms with Gasteiger partial charge in [0, 0.05) is 19.2 Å². The van der Waals surface area contributed by atoms with Gasteiger partial charge in [-0.3, -0.25) is 14.1 Å². The third kappa shape index (κ3) is 4.80. The first kappa shape index (κ1) is 15.3. The van der Waals surface area contributed by atoms with Gasteiger partial charge in [-0.15, -0.1) is 0 Å². The van der Waals surface area contributed by atoms with Gasteiger partial charge in [0.05, 0.1) is 11.3 Å². The number of rotatable bonds is 6. The Bertz CT molecular complexity index is 567. The molecule has 0 spiro atoms. The molecular weight excluding hydrogens is 270 g/mol. The van der Waals surface area contributed by atoms with Crippen LogP contribution < -0.4 is 0 Å². The van der Waals surface area contributed by atoms with Crippen LogP contribution in [0.3, 0.4) is 0 Å². The minimum atomic E-state index is -4.02. The fourth-order valence-corrected chi connectivity index (χ4v) is 2.08. The van der Waals surface area contributed by atoms with Crippen LogP contribution in [0.4, 0.5) is 0 Å². The molecule has 0 atom stereocenters. The molecule has 0 unspecified atom stereocenters. The molecule has 0 aliphatic heterocycles. The first-order chi connectivity index (χ1) is 8.85. The maximum absolute atomic E-state index is 12.0. The van der Waals surface area contributed by atoms with E-state index in [2.05, 4.69) is 0 Å². The molecule has 0 aliphatic carbocycles. The molecule has 1 N–H and O–H groups in total. The van der Waals surface area contributed by atoms with Crippen molar-refractivity contribution >= 4 is 22.3 Å². The summed E-state index contributed by atoms with van der Waals surface area (Å²) in [4.78, 5) is 24.2. The van der Waals surface area contributed by atoms with E-state index >= 15 is 0 Å². The highest BCUT2D eigenvalue weighted by Crippen LogP contribution is 2.09. The number of hydrogen-bond acceptors (Lipinski definition) is 4. The lowest BCUT2D eigenvalue weighted by Gasteiger charge is -2.17. The highest BCUT2D eigenvalue weighted by Gasteiger charge is 2.15. The van der Waals surface area contributed by atoms with E-state index in [-0.39, 0.29) is 30.0 Å². The van der Waals surface area contributed by atoms with Crippen LogP contribution in [0.5, 0.6) is 0 Å². The molecular formula is C12H15NO5S. The van der Waals surface area contributed by atoms with Crippen molar-refractivity contribution in [3.8, 4) is 0 Å². The standard InChI is InChI=1S/C12H15NO5S/c1-13(7-4-8-19(16,17)18)12(15)11-6-3-2-5-10(11)9-14/h2-3,5-6,9H,4,7-8H2,1H3,(H,16,17,18). The van der Waals surface area contributed by atoms with E-state index in [9.17, 15) is 18.0 Å². The van der Waals surface area contributed by atoms with E-state index in [1.165, 1.54) is 24.1 Å². The quantitative estimate of drug-likeness (QED) is 0.618. The Balaban J connectivity index is 2.69. The van der Waals surface area contributed by atoms with E-state index in [0.29, 0.717) is 6.29 Å². The van der Waals surface area contributed by atoms with Gasteiger partial charge in [-0.1, -0.05) is 18.2 Å². The van der Waals surface area contributed by atoms with Gasteiger partial charge in [-0.25, -0.2) is 0 Å². The molecule has 1 aromatic carbocycles. The van der Waals surface area contributed by atoms with E-state index in [1.807, 2.05) is 0 Å². The smallest absolute Gasteiger partial charge is 0.264 e. The highest BCUT2D eigenvalue weighted by molar-refractivity contribution is 7.85. The van der Waals surface area contributed by atoms with Gasteiger partial charge in [0.15, 0.2) is 6.29 Å². The molecule has 0 saturated heterocycles. The molecule has 0 radical (unpaired) electrons. The molecule has 0 fully saturated rings. The van der Waals surface area contributed by atoms with E-state index in [1.54, 1.807) is 12.1 Å². The van der Waals surface area contributed by atoms with Gasteiger partial charge in [-0.2, -0.15) is 8.42 Å². The maximum Gasteiger partial charge on any atom is 0.264 e. The number of carbonyl (C=O) groups is 2. The van der Waals surface area contributed by atoms with Gasteiger partial charge < -0.3 is 4.90 Å². The van der Waals surface area contributed by atoms with Gasteiger partial charge in [0.25, 0.3) is 16.0 Å². The molecule has 1 aromatic rings. The van der Waals surface area contributed by atoms with Crippen molar-refractivity contribution in [1.29, 1.82) is 0 Å². The second-order valence-corrected chi connectivity index (χ2v) is 5.64. The summed E-state index contributed by atoms with van der Waals surface area (Å²) in [5, 5.41) is 0. The average Bonchev–Trinajstić information content (AvgIpc) is 2.36. The topological polar surface area (TPSA) is 91.8 Å². The Morgan fingerprint density at radius 1 is 1.37 bits per heavy atom. The monoisotopic (exact) mass is 285 g/mol. The van der Waals surface area contributed by atoms with Gasteiger partial charge >= 0.3 is 0 Å². The van der Waals surface area contributed by atoms with Crippen molar-refractivity contribution in [2.24, 2.45) is 0 Å². The molecule has 0 heterocycles. The van der Waals surface area contributed by atoms with Crippen molar-refractivity contribution in [2.75, 3.05) is 19.3 Å². The molecule has 104 valence electrons. The summed E-state index contributed by atoms with van der Waals surface area (Å²) >= 11 is 0. The van der Waals surface area contributed by atoms with Crippen LogP contribution in [0.2, 0.25) is 0 Å².